The van der Waals surface area contributed by atoms with Crippen LogP contribution in [0.5, 0.6) is 0 Å². The normalized spacial score (nSPS) is 15.1. The topological polar surface area (TPSA) is 57.7 Å². The van der Waals surface area contributed by atoms with Crippen molar-refractivity contribution in [2.75, 3.05) is 17.1 Å². The first kappa shape index (κ1) is 20.7. The van der Waals surface area contributed by atoms with Crippen LogP contribution in [0.3, 0.4) is 0 Å². The molecule has 28 heavy (non-hydrogen) atoms. The van der Waals surface area contributed by atoms with E-state index in [1.165, 1.54) is 9.87 Å². The maximum atomic E-state index is 13.4. The maximum absolute atomic E-state index is 13.4. The highest BCUT2D eigenvalue weighted by Gasteiger charge is 2.36. The molecule has 150 valence electrons. The van der Waals surface area contributed by atoms with Gasteiger partial charge >= 0.3 is 0 Å². The average molecular weight is 421 g/mol. The average Bonchev–Trinajstić information content (AvgIpc) is 2.66. The Labute approximate surface area is 172 Å². The van der Waals surface area contributed by atoms with Crippen molar-refractivity contribution in [2.24, 2.45) is 0 Å². The Bertz CT molecular complexity index is 991. The summed E-state index contributed by atoms with van der Waals surface area (Å²) in [5.41, 5.74) is 3.56. The Balaban J connectivity index is 1.97. The largest absolute Gasteiger partial charge is 0.336 e. The molecule has 2 aromatic carbocycles. The molecule has 1 aliphatic heterocycles. The number of aryl methyl sites for hydroxylation is 1. The third kappa shape index (κ3) is 4.18. The zero-order valence-electron chi connectivity index (χ0n) is 16.4. The molecule has 7 heteroatoms. The number of rotatable bonds is 5. The van der Waals surface area contributed by atoms with E-state index < -0.39 is 16.1 Å². The van der Waals surface area contributed by atoms with Crippen LogP contribution in [0.15, 0.2) is 42.5 Å². The second-order valence-corrected chi connectivity index (χ2v) is 9.49. The third-order valence-electron chi connectivity index (χ3n) is 5.16. The first-order valence-corrected chi connectivity index (χ1v) is 11.6. The van der Waals surface area contributed by atoms with Crippen LogP contribution >= 0.6 is 11.6 Å². The van der Waals surface area contributed by atoms with Gasteiger partial charge in [-0.15, -0.1) is 0 Å². The highest BCUT2D eigenvalue weighted by atomic mass is 35.5. The summed E-state index contributed by atoms with van der Waals surface area (Å²) in [5.74, 6) is -0.179. The molecule has 1 aliphatic rings. The van der Waals surface area contributed by atoms with Crippen LogP contribution in [0.4, 0.5) is 5.69 Å². The monoisotopic (exact) mass is 420 g/mol. The van der Waals surface area contributed by atoms with E-state index >= 15 is 0 Å². The van der Waals surface area contributed by atoms with Crippen molar-refractivity contribution < 1.29 is 13.2 Å². The van der Waals surface area contributed by atoms with Crippen molar-refractivity contribution in [3.05, 3.63) is 64.2 Å². The summed E-state index contributed by atoms with van der Waals surface area (Å²) in [7, 11) is -3.69. The zero-order chi connectivity index (χ0) is 20.5. The van der Waals surface area contributed by atoms with Gasteiger partial charge in [-0.25, -0.2) is 8.42 Å². The molecule has 0 radical (unpaired) electrons. The van der Waals surface area contributed by atoms with Gasteiger partial charge in [-0.2, -0.15) is 0 Å². The van der Waals surface area contributed by atoms with Gasteiger partial charge in [0.2, 0.25) is 15.9 Å². The first-order valence-electron chi connectivity index (χ1n) is 9.33. The Kier molecular flexibility index (Phi) is 6.01. The molecule has 1 heterocycles. The van der Waals surface area contributed by atoms with E-state index in [9.17, 15) is 13.2 Å². The molecule has 0 fully saturated rings. The van der Waals surface area contributed by atoms with E-state index in [2.05, 4.69) is 6.07 Å². The number of benzene rings is 2. The number of sulfonamides is 1. The number of hydrogen-bond donors (Lipinski definition) is 0. The van der Waals surface area contributed by atoms with Gasteiger partial charge in [-0.3, -0.25) is 9.10 Å². The zero-order valence-corrected chi connectivity index (χ0v) is 17.9. The molecule has 0 aliphatic carbocycles. The first-order chi connectivity index (χ1) is 13.2. The standard InChI is InChI=1S/C21H25ClN2O3S/c1-4-19(21(25)23-12-11-16-7-5-6-8-17(16)14-23)24(28(3,26)27)20-13-18(22)10-9-15(20)2/h5-10,13,19H,4,11-12,14H2,1-3H3. The van der Waals surface area contributed by atoms with Crippen LogP contribution in [0, 0.1) is 6.92 Å². The molecule has 0 saturated heterocycles. The highest BCUT2D eigenvalue weighted by Crippen LogP contribution is 2.30. The van der Waals surface area contributed by atoms with E-state index in [1.807, 2.05) is 32.0 Å². The lowest BCUT2D eigenvalue weighted by Gasteiger charge is -2.36. The molecular weight excluding hydrogens is 396 g/mol. The molecule has 2 aromatic rings. The number of halogens is 1. The van der Waals surface area contributed by atoms with Crippen LogP contribution < -0.4 is 4.31 Å². The number of fused-ring (bicyclic) bond motifs is 1. The molecule has 0 aromatic heterocycles. The summed E-state index contributed by atoms with van der Waals surface area (Å²) in [6.45, 7) is 4.73. The second-order valence-electron chi connectivity index (χ2n) is 7.19. The molecule has 0 saturated carbocycles. The molecule has 1 unspecified atom stereocenters. The number of hydrogen-bond acceptors (Lipinski definition) is 3. The summed E-state index contributed by atoms with van der Waals surface area (Å²) in [6.07, 6.45) is 2.28. The van der Waals surface area contributed by atoms with Crippen molar-refractivity contribution in [1.82, 2.24) is 4.90 Å². The number of anilines is 1. The summed E-state index contributed by atoms with van der Waals surface area (Å²) in [4.78, 5) is 15.1. The predicted molar refractivity (Wildman–Crippen MR) is 113 cm³/mol. The van der Waals surface area contributed by atoms with Crippen LogP contribution in [0.25, 0.3) is 0 Å². The fraction of sp³-hybridized carbons (Fsp3) is 0.381. The van der Waals surface area contributed by atoms with Gasteiger partial charge in [0.25, 0.3) is 0 Å². The highest BCUT2D eigenvalue weighted by molar-refractivity contribution is 7.92. The van der Waals surface area contributed by atoms with Gasteiger partial charge in [-0.1, -0.05) is 48.9 Å². The molecule has 1 atom stereocenters. The lowest BCUT2D eigenvalue weighted by atomic mass is 9.99. The molecule has 0 bridgehead atoms. The van der Waals surface area contributed by atoms with E-state index in [0.717, 1.165) is 23.8 Å². The molecule has 0 spiro atoms. The second kappa shape index (κ2) is 8.13. The maximum Gasteiger partial charge on any atom is 0.246 e. The van der Waals surface area contributed by atoms with Crippen LogP contribution in [0.1, 0.15) is 30.0 Å². The minimum Gasteiger partial charge on any atom is -0.336 e. The van der Waals surface area contributed by atoms with Crippen molar-refractivity contribution in [1.29, 1.82) is 0 Å². The fourth-order valence-corrected chi connectivity index (χ4v) is 5.15. The van der Waals surface area contributed by atoms with Gasteiger partial charge in [0.15, 0.2) is 0 Å². The lowest BCUT2D eigenvalue weighted by Crippen LogP contribution is -2.52. The van der Waals surface area contributed by atoms with Crippen molar-refractivity contribution in [3.8, 4) is 0 Å². The van der Waals surface area contributed by atoms with Crippen molar-refractivity contribution in [3.63, 3.8) is 0 Å². The summed E-state index contributed by atoms with van der Waals surface area (Å²) in [6, 6.07) is 12.3. The van der Waals surface area contributed by atoms with Gasteiger partial charge in [-0.05, 0) is 48.6 Å². The summed E-state index contributed by atoms with van der Waals surface area (Å²) < 4.78 is 26.6. The van der Waals surface area contributed by atoms with Gasteiger partial charge < -0.3 is 4.90 Å². The minimum absolute atomic E-state index is 0.179. The minimum atomic E-state index is -3.69. The van der Waals surface area contributed by atoms with Crippen LogP contribution in [-0.2, 0) is 27.8 Å². The van der Waals surface area contributed by atoms with Crippen molar-refractivity contribution in [2.45, 2.75) is 39.3 Å². The van der Waals surface area contributed by atoms with Gasteiger partial charge in [0.05, 0.1) is 11.9 Å². The lowest BCUT2D eigenvalue weighted by molar-refractivity contribution is -0.133. The van der Waals surface area contributed by atoms with E-state index in [1.54, 1.807) is 23.1 Å². The van der Waals surface area contributed by atoms with Crippen molar-refractivity contribution >= 4 is 33.2 Å². The number of nitrogens with zero attached hydrogens (tertiary/aromatic N) is 2. The molecule has 1 amide bonds. The predicted octanol–water partition coefficient (Wildman–Crippen LogP) is 3.78. The van der Waals surface area contributed by atoms with E-state index in [4.69, 9.17) is 11.6 Å². The van der Waals surface area contributed by atoms with E-state index in [0.29, 0.717) is 30.2 Å². The smallest absolute Gasteiger partial charge is 0.246 e. The molecule has 5 nitrogen and oxygen atoms in total. The molecular formula is C21H25ClN2O3S. The quantitative estimate of drug-likeness (QED) is 0.739. The Morgan fingerprint density at radius 1 is 1.21 bits per heavy atom. The van der Waals surface area contributed by atoms with Gasteiger partial charge in [0, 0.05) is 18.1 Å². The summed E-state index contributed by atoms with van der Waals surface area (Å²) in [5, 5.41) is 0.434. The Hall–Kier alpha value is -2.05. The van der Waals surface area contributed by atoms with Crippen LogP contribution in [-0.4, -0.2) is 38.1 Å². The summed E-state index contributed by atoms with van der Waals surface area (Å²) >= 11 is 6.13. The fourth-order valence-electron chi connectivity index (χ4n) is 3.73. The number of carbonyl (C=O) groups is 1. The number of amides is 1. The Morgan fingerprint density at radius 2 is 1.89 bits per heavy atom. The SMILES string of the molecule is CCC(C(=O)N1CCc2ccccc2C1)N(c1cc(Cl)ccc1C)S(C)(=O)=O. The molecule has 3 rings (SSSR count). The van der Waals surface area contributed by atoms with Gasteiger partial charge in [0.1, 0.15) is 6.04 Å². The molecule has 0 N–H and O–H groups in total. The Morgan fingerprint density at radius 3 is 2.54 bits per heavy atom. The van der Waals surface area contributed by atoms with Crippen LogP contribution in [0.2, 0.25) is 5.02 Å². The third-order valence-corrected chi connectivity index (χ3v) is 6.56. The number of carbonyl (C=O) groups excluding carboxylic acids is 1. The van der Waals surface area contributed by atoms with E-state index in [-0.39, 0.29) is 5.91 Å².